The molecule has 0 heterocycles. The van der Waals surface area contributed by atoms with Crippen molar-refractivity contribution in [1.82, 2.24) is 0 Å². The summed E-state index contributed by atoms with van der Waals surface area (Å²) in [6.07, 6.45) is 3.16. The topological polar surface area (TPSA) is 9.72 Å². The number of para-hydroxylation sites is 2. The molecule has 3 nitrogen and oxygen atoms in total. The largest absolute Gasteiger partial charge is 0.311 e. The number of aryl methyl sites for hydroxylation is 9. The molecule has 0 radical (unpaired) electrons. The fourth-order valence-electron chi connectivity index (χ4n) is 11.1. The summed E-state index contributed by atoms with van der Waals surface area (Å²) in [5, 5.41) is 0. The van der Waals surface area contributed by atoms with E-state index in [2.05, 4.69) is 301 Å². The number of hydrogen-bond donors (Lipinski definition) is 0. The fraction of sp³-hybridized carbons (Fsp3) is 0.167. The Bertz CT molecular complexity index is 3470. The highest BCUT2D eigenvalue weighted by Crippen LogP contribution is 2.43. The molecule has 1 unspecified atom stereocenters. The molecular weight excluding hydrogens is 907 g/mol. The van der Waals surface area contributed by atoms with Gasteiger partial charge in [0.2, 0.25) is 0 Å². The molecule has 0 spiro atoms. The molecule has 372 valence electrons. The minimum atomic E-state index is 0.414. The second-order valence-electron chi connectivity index (χ2n) is 20.8. The second-order valence-corrected chi connectivity index (χ2v) is 20.8. The van der Waals surface area contributed by atoms with Gasteiger partial charge in [-0.05, 0) is 228 Å². The third kappa shape index (κ3) is 11.4. The van der Waals surface area contributed by atoms with E-state index in [9.17, 15) is 0 Å². The molecule has 0 saturated carbocycles. The van der Waals surface area contributed by atoms with Crippen LogP contribution in [0.3, 0.4) is 0 Å². The molecule has 0 amide bonds. The van der Waals surface area contributed by atoms with Gasteiger partial charge in [0.15, 0.2) is 0 Å². The molecule has 10 rings (SSSR count). The van der Waals surface area contributed by atoms with Crippen molar-refractivity contribution >= 4 is 51.2 Å². The number of nitrogens with zero attached hydrogens (tertiary/aromatic N) is 3. The van der Waals surface area contributed by atoms with E-state index >= 15 is 0 Å². The van der Waals surface area contributed by atoms with Gasteiger partial charge < -0.3 is 14.7 Å². The van der Waals surface area contributed by atoms with Crippen LogP contribution < -0.4 is 14.7 Å². The SMILES string of the molecule is Cc1ccc(CCC(Cc2ccc(N(c3ccccc3)c3ccc(-c4ccc(N(c5ccccc5)c5ccc(N(c6ccc(C)cc6C)c6ccc(C)cc6C)cc5)cc4)cc3)cc2)c2ccc(C)cc2C)c(C)c1. The molecule has 75 heavy (non-hydrogen) atoms. The van der Waals surface area contributed by atoms with Gasteiger partial charge in [-0.2, -0.15) is 0 Å². The molecule has 0 aromatic heterocycles. The molecule has 0 saturated heterocycles. The van der Waals surface area contributed by atoms with E-state index in [1.54, 1.807) is 0 Å². The molecule has 3 heteroatoms. The van der Waals surface area contributed by atoms with Crippen molar-refractivity contribution in [3.63, 3.8) is 0 Å². The molecule has 0 N–H and O–H groups in total. The van der Waals surface area contributed by atoms with Gasteiger partial charge >= 0.3 is 0 Å². The first-order valence-corrected chi connectivity index (χ1v) is 26.6. The zero-order valence-corrected chi connectivity index (χ0v) is 45.0. The molecule has 0 aliphatic carbocycles. The van der Waals surface area contributed by atoms with Crippen LogP contribution in [0.5, 0.6) is 0 Å². The van der Waals surface area contributed by atoms with E-state index in [1.807, 2.05) is 0 Å². The summed E-state index contributed by atoms with van der Waals surface area (Å²) in [6, 6.07) is 85.0. The smallest absolute Gasteiger partial charge is 0.0491 e. The van der Waals surface area contributed by atoms with Crippen molar-refractivity contribution in [3.8, 4) is 11.1 Å². The minimum absolute atomic E-state index is 0.414. The summed E-state index contributed by atoms with van der Waals surface area (Å²) in [6.45, 7) is 17.6. The second kappa shape index (κ2) is 22.4. The van der Waals surface area contributed by atoms with Crippen molar-refractivity contribution in [2.75, 3.05) is 14.7 Å². The maximum Gasteiger partial charge on any atom is 0.0491 e. The van der Waals surface area contributed by atoms with Crippen LogP contribution in [-0.4, -0.2) is 0 Å². The van der Waals surface area contributed by atoms with Crippen LogP contribution in [0.1, 0.15) is 73.5 Å². The first-order chi connectivity index (χ1) is 36.4. The first-order valence-electron chi connectivity index (χ1n) is 26.6. The lowest BCUT2D eigenvalue weighted by molar-refractivity contribution is 0.616. The minimum Gasteiger partial charge on any atom is -0.311 e. The number of rotatable bonds is 16. The Kier molecular flexibility index (Phi) is 15.0. The fourth-order valence-corrected chi connectivity index (χ4v) is 11.1. The Morgan fingerprint density at radius 3 is 1.09 bits per heavy atom. The maximum atomic E-state index is 2.40. The molecule has 0 bridgehead atoms. The predicted molar refractivity (Wildman–Crippen MR) is 321 cm³/mol. The average molecular weight is 976 g/mol. The number of anilines is 9. The average Bonchev–Trinajstić information content (AvgIpc) is 3.41. The Morgan fingerprint density at radius 2 is 0.667 bits per heavy atom. The summed E-state index contributed by atoms with van der Waals surface area (Å²) in [5.74, 6) is 0.414. The zero-order chi connectivity index (χ0) is 52.0. The van der Waals surface area contributed by atoms with Gasteiger partial charge in [0.05, 0.1) is 0 Å². The van der Waals surface area contributed by atoms with Crippen LogP contribution in [0, 0.1) is 55.4 Å². The van der Waals surface area contributed by atoms with Gasteiger partial charge in [-0.1, -0.05) is 156 Å². The van der Waals surface area contributed by atoms with E-state index in [1.165, 1.54) is 78.1 Å². The lowest BCUT2D eigenvalue weighted by atomic mass is 9.84. The van der Waals surface area contributed by atoms with Crippen LogP contribution in [0.4, 0.5) is 51.2 Å². The summed E-state index contributed by atoms with van der Waals surface area (Å²) in [7, 11) is 0. The van der Waals surface area contributed by atoms with Gasteiger partial charge in [0, 0.05) is 51.2 Å². The highest BCUT2D eigenvalue weighted by atomic mass is 15.2. The van der Waals surface area contributed by atoms with Gasteiger partial charge in [-0.15, -0.1) is 0 Å². The normalized spacial score (nSPS) is 11.6. The van der Waals surface area contributed by atoms with Crippen molar-refractivity contribution in [2.24, 2.45) is 0 Å². The van der Waals surface area contributed by atoms with Gasteiger partial charge in [-0.3, -0.25) is 0 Å². The quantitative estimate of drug-likeness (QED) is 0.0955. The Labute approximate surface area is 447 Å². The Balaban J connectivity index is 0.905. The highest BCUT2D eigenvalue weighted by Gasteiger charge is 2.21. The van der Waals surface area contributed by atoms with E-state index in [0.29, 0.717) is 5.92 Å². The van der Waals surface area contributed by atoms with Gasteiger partial charge in [-0.25, -0.2) is 0 Å². The standard InChI is InChI=1S/C72H69N3/c1-50-19-25-59(54(5)45-50)26-27-62(70-42-20-51(2)46-55(70)6)49-58-23-32-65(33-24-58)73(63-15-11-9-12-16-63)66-34-28-60(29-35-66)61-30-36-67(37-31-61)74(64-17-13-10-14-18-64)68-38-40-69(41-39-68)75(71-43-21-52(3)47-56(71)7)72-44-22-53(4)48-57(72)8/h9-25,28-48,62H,26-27,49H2,1-8H3. The van der Waals surface area contributed by atoms with E-state index in [4.69, 9.17) is 0 Å². The summed E-state index contributed by atoms with van der Waals surface area (Å²) < 4.78 is 0. The Hall–Kier alpha value is -8.40. The Morgan fingerprint density at radius 1 is 0.307 bits per heavy atom. The van der Waals surface area contributed by atoms with Crippen molar-refractivity contribution in [1.29, 1.82) is 0 Å². The molecule has 10 aromatic carbocycles. The van der Waals surface area contributed by atoms with E-state index < -0.39 is 0 Å². The third-order valence-electron chi connectivity index (χ3n) is 15.0. The highest BCUT2D eigenvalue weighted by molar-refractivity contribution is 5.84. The molecule has 1 atom stereocenters. The van der Waals surface area contributed by atoms with Gasteiger partial charge in [0.25, 0.3) is 0 Å². The molecule has 0 fully saturated rings. The predicted octanol–water partition coefficient (Wildman–Crippen LogP) is 20.2. The third-order valence-corrected chi connectivity index (χ3v) is 15.0. The van der Waals surface area contributed by atoms with Crippen LogP contribution in [0.15, 0.2) is 231 Å². The number of benzene rings is 10. The van der Waals surface area contributed by atoms with Crippen LogP contribution in [-0.2, 0) is 12.8 Å². The van der Waals surface area contributed by atoms with Crippen molar-refractivity contribution < 1.29 is 0 Å². The van der Waals surface area contributed by atoms with Crippen molar-refractivity contribution in [2.45, 2.75) is 80.6 Å². The van der Waals surface area contributed by atoms with E-state index in [0.717, 1.165) is 64.6 Å². The first kappa shape index (κ1) is 50.1. The lowest BCUT2D eigenvalue weighted by Gasteiger charge is -2.30. The monoisotopic (exact) mass is 976 g/mol. The van der Waals surface area contributed by atoms with E-state index in [-0.39, 0.29) is 0 Å². The summed E-state index contributed by atoms with van der Waals surface area (Å²) in [4.78, 5) is 7.10. The molecule has 0 aliphatic rings. The molecular formula is C72H69N3. The summed E-state index contributed by atoms with van der Waals surface area (Å²) >= 11 is 0. The van der Waals surface area contributed by atoms with Crippen LogP contribution in [0.2, 0.25) is 0 Å². The van der Waals surface area contributed by atoms with Crippen LogP contribution >= 0.6 is 0 Å². The molecule has 0 aliphatic heterocycles. The summed E-state index contributed by atoms with van der Waals surface area (Å²) in [5.41, 5.74) is 27.1. The zero-order valence-electron chi connectivity index (χ0n) is 45.0. The molecule has 10 aromatic rings. The van der Waals surface area contributed by atoms with Gasteiger partial charge in [0.1, 0.15) is 0 Å². The van der Waals surface area contributed by atoms with Crippen molar-refractivity contribution in [3.05, 3.63) is 292 Å². The lowest BCUT2D eigenvalue weighted by Crippen LogP contribution is -2.14. The number of hydrogen-bond acceptors (Lipinski definition) is 3. The maximum absolute atomic E-state index is 2.40. The van der Waals surface area contributed by atoms with Crippen LogP contribution in [0.25, 0.3) is 11.1 Å².